The molecule has 164 valence electrons. The highest BCUT2D eigenvalue weighted by Crippen LogP contribution is 2.15. The van der Waals surface area contributed by atoms with E-state index in [1.165, 1.54) is 40.6 Å². The van der Waals surface area contributed by atoms with Crippen molar-refractivity contribution in [1.29, 1.82) is 0 Å². The summed E-state index contributed by atoms with van der Waals surface area (Å²) in [6.45, 7) is 3.94. The summed E-state index contributed by atoms with van der Waals surface area (Å²) in [5.74, 6) is -0.820. The summed E-state index contributed by atoms with van der Waals surface area (Å²) in [7, 11) is -2.23. The van der Waals surface area contributed by atoms with Crippen LogP contribution in [0, 0.1) is 5.82 Å². The minimum atomic E-state index is -3.75. The Balaban J connectivity index is 2.05. The Kier molecular flexibility index (Phi) is 8.13. The molecule has 0 aliphatic rings. The number of rotatable bonds is 10. The Labute approximate surface area is 175 Å². The molecule has 8 nitrogen and oxygen atoms in total. The number of carbonyl (C=O) groups is 1. The Morgan fingerprint density at radius 2 is 1.80 bits per heavy atom. The molecule has 0 bridgehead atoms. The summed E-state index contributed by atoms with van der Waals surface area (Å²) in [5.41, 5.74) is -0.488. The average molecular weight is 440 g/mol. The van der Waals surface area contributed by atoms with Crippen molar-refractivity contribution in [3.05, 3.63) is 58.8 Å². The van der Waals surface area contributed by atoms with Crippen LogP contribution in [0.3, 0.4) is 0 Å². The fraction of sp³-hybridized carbons (Fsp3) is 0.400. The molecule has 0 atom stereocenters. The molecule has 2 aromatic rings. The van der Waals surface area contributed by atoms with Crippen molar-refractivity contribution in [3.63, 3.8) is 0 Å². The van der Waals surface area contributed by atoms with Crippen molar-refractivity contribution in [3.8, 4) is 5.75 Å². The predicted molar refractivity (Wildman–Crippen MR) is 110 cm³/mol. The van der Waals surface area contributed by atoms with E-state index in [4.69, 9.17) is 4.74 Å². The van der Waals surface area contributed by atoms with E-state index in [1.807, 2.05) is 0 Å². The number of benzene rings is 1. The van der Waals surface area contributed by atoms with Crippen LogP contribution in [0.4, 0.5) is 4.39 Å². The van der Waals surface area contributed by atoms with Gasteiger partial charge in [0.05, 0.1) is 11.4 Å². The van der Waals surface area contributed by atoms with Crippen LogP contribution in [-0.4, -0.2) is 61.4 Å². The van der Waals surface area contributed by atoms with Crippen molar-refractivity contribution in [2.24, 2.45) is 0 Å². The van der Waals surface area contributed by atoms with Gasteiger partial charge in [-0.1, -0.05) is 26.0 Å². The van der Waals surface area contributed by atoms with E-state index in [0.29, 0.717) is 13.1 Å². The number of para-hydroxylation sites is 1. The van der Waals surface area contributed by atoms with Crippen molar-refractivity contribution in [2.75, 3.05) is 33.3 Å². The molecule has 0 aliphatic heterocycles. The second-order valence-electron chi connectivity index (χ2n) is 6.51. The number of amides is 1. The van der Waals surface area contributed by atoms with Crippen molar-refractivity contribution in [1.82, 2.24) is 13.8 Å². The van der Waals surface area contributed by atoms with E-state index in [1.54, 1.807) is 26.0 Å². The molecule has 0 unspecified atom stereocenters. The number of carbonyl (C=O) groups excluding carboxylic acids is 1. The minimum absolute atomic E-state index is 0.0517. The minimum Gasteiger partial charge on any atom is -0.489 e. The monoisotopic (exact) mass is 439 g/mol. The molecule has 0 saturated heterocycles. The van der Waals surface area contributed by atoms with Gasteiger partial charge in [0.1, 0.15) is 13.2 Å². The highest BCUT2D eigenvalue weighted by atomic mass is 32.2. The molecule has 1 heterocycles. The molecular weight excluding hydrogens is 413 g/mol. The summed E-state index contributed by atoms with van der Waals surface area (Å²) >= 11 is 0. The van der Waals surface area contributed by atoms with Crippen LogP contribution in [0.15, 0.2) is 52.3 Å². The molecule has 10 heteroatoms. The molecule has 1 amide bonds. The number of hydrogen-bond donors (Lipinski definition) is 0. The van der Waals surface area contributed by atoms with Crippen LogP contribution in [-0.2, 0) is 21.4 Å². The van der Waals surface area contributed by atoms with Gasteiger partial charge in [0, 0.05) is 32.4 Å². The molecule has 2 rings (SSSR count). The molecule has 0 radical (unpaired) electrons. The van der Waals surface area contributed by atoms with Gasteiger partial charge < -0.3 is 14.2 Å². The molecule has 0 aliphatic carbocycles. The van der Waals surface area contributed by atoms with E-state index in [2.05, 4.69) is 0 Å². The van der Waals surface area contributed by atoms with Crippen molar-refractivity contribution in [2.45, 2.75) is 25.3 Å². The van der Waals surface area contributed by atoms with Crippen LogP contribution < -0.4 is 10.3 Å². The first-order valence-electron chi connectivity index (χ1n) is 9.52. The summed E-state index contributed by atoms with van der Waals surface area (Å²) < 4.78 is 46.5. The standard InChI is InChI=1S/C20H26FN3O5S/c1-4-24(5-2)30(27,28)16-10-11-19(25)23(14-16)15-20(26)22(3)12-13-29-18-9-7-6-8-17(18)21/h6-11,14H,4-5,12-13,15H2,1-3H3. The Morgan fingerprint density at radius 3 is 2.43 bits per heavy atom. The quantitative estimate of drug-likeness (QED) is 0.561. The molecule has 0 N–H and O–H groups in total. The number of sulfonamides is 1. The fourth-order valence-electron chi connectivity index (χ4n) is 2.74. The van der Waals surface area contributed by atoms with E-state index in [-0.39, 0.29) is 30.3 Å². The molecule has 0 saturated carbocycles. The number of nitrogens with zero attached hydrogens (tertiary/aromatic N) is 3. The van der Waals surface area contributed by atoms with E-state index in [9.17, 15) is 22.4 Å². The normalized spacial score (nSPS) is 11.5. The van der Waals surface area contributed by atoms with Gasteiger partial charge in [-0.25, -0.2) is 12.8 Å². The molecule has 30 heavy (non-hydrogen) atoms. The third kappa shape index (κ3) is 5.67. The molecular formula is C20H26FN3O5S. The topological polar surface area (TPSA) is 88.9 Å². The van der Waals surface area contributed by atoms with Gasteiger partial charge in [0.2, 0.25) is 15.9 Å². The van der Waals surface area contributed by atoms with Crippen LogP contribution in [0.25, 0.3) is 0 Å². The van der Waals surface area contributed by atoms with Crippen molar-refractivity contribution >= 4 is 15.9 Å². The largest absolute Gasteiger partial charge is 0.489 e. The van der Waals surface area contributed by atoms with Gasteiger partial charge in [-0.05, 0) is 18.2 Å². The lowest BCUT2D eigenvalue weighted by Gasteiger charge is -2.20. The number of hydrogen-bond acceptors (Lipinski definition) is 5. The molecule has 0 fully saturated rings. The predicted octanol–water partition coefficient (Wildman–Crippen LogP) is 1.56. The maximum Gasteiger partial charge on any atom is 0.251 e. The molecule has 1 aromatic carbocycles. The summed E-state index contributed by atoms with van der Waals surface area (Å²) in [6.07, 6.45) is 1.18. The molecule has 0 spiro atoms. The first-order chi connectivity index (χ1) is 14.2. The van der Waals surface area contributed by atoms with Crippen LogP contribution in [0.2, 0.25) is 0 Å². The van der Waals surface area contributed by atoms with E-state index in [0.717, 1.165) is 10.6 Å². The van der Waals surface area contributed by atoms with Crippen LogP contribution in [0.1, 0.15) is 13.8 Å². The Morgan fingerprint density at radius 1 is 1.13 bits per heavy atom. The maximum absolute atomic E-state index is 13.6. The summed E-state index contributed by atoms with van der Waals surface area (Å²) in [6, 6.07) is 8.31. The van der Waals surface area contributed by atoms with E-state index < -0.39 is 27.3 Å². The first-order valence-corrected chi connectivity index (χ1v) is 11.0. The smallest absolute Gasteiger partial charge is 0.251 e. The lowest BCUT2D eigenvalue weighted by molar-refractivity contribution is -0.130. The van der Waals surface area contributed by atoms with Crippen LogP contribution >= 0.6 is 0 Å². The number of aromatic nitrogens is 1. The Bertz CT molecular complexity index is 1030. The highest BCUT2D eigenvalue weighted by Gasteiger charge is 2.23. The van der Waals surface area contributed by atoms with Gasteiger partial charge in [0.15, 0.2) is 11.6 Å². The SMILES string of the molecule is CCN(CC)S(=O)(=O)c1ccc(=O)n(CC(=O)N(C)CCOc2ccccc2F)c1. The molecule has 1 aromatic heterocycles. The second-order valence-corrected chi connectivity index (χ2v) is 8.45. The van der Waals surface area contributed by atoms with Gasteiger partial charge in [-0.2, -0.15) is 4.31 Å². The van der Waals surface area contributed by atoms with Gasteiger partial charge in [0.25, 0.3) is 5.56 Å². The summed E-state index contributed by atoms with van der Waals surface area (Å²) in [4.78, 5) is 25.9. The lowest BCUT2D eigenvalue weighted by Crippen LogP contribution is -2.37. The summed E-state index contributed by atoms with van der Waals surface area (Å²) in [5, 5.41) is 0. The Hall–Kier alpha value is -2.72. The number of pyridine rings is 1. The zero-order valence-electron chi connectivity index (χ0n) is 17.2. The fourth-order valence-corrected chi connectivity index (χ4v) is 4.22. The average Bonchev–Trinajstić information content (AvgIpc) is 2.71. The number of halogens is 1. The third-order valence-electron chi connectivity index (χ3n) is 4.55. The lowest BCUT2D eigenvalue weighted by atomic mass is 10.3. The highest BCUT2D eigenvalue weighted by molar-refractivity contribution is 7.89. The zero-order chi connectivity index (χ0) is 22.3. The second kappa shape index (κ2) is 10.4. The van der Waals surface area contributed by atoms with Gasteiger partial charge in [-0.15, -0.1) is 0 Å². The maximum atomic E-state index is 13.6. The number of likely N-dealkylation sites (N-methyl/N-ethyl adjacent to an activating group) is 1. The number of ether oxygens (including phenoxy) is 1. The third-order valence-corrected chi connectivity index (χ3v) is 6.59. The van der Waals surface area contributed by atoms with Crippen molar-refractivity contribution < 1.29 is 22.3 Å². The van der Waals surface area contributed by atoms with E-state index >= 15 is 0 Å². The van der Waals surface area contributed by atoms with Crippen LogP contribution in [0.5, 0.6) is 5.75 Å². The first kappa shape index (κ1) is 23.6. The van der Waals surface area contributed by atoms with Gasteiger partial charge in [-0.3, -0.25) is 9.59 Å². The van der Waals surface area contributed by atoms with Gasteiger partial charge >= 0.3 is 0 Å². The zero-order valence-corrected chi connectivity index (χ0v) is 18.1.